The van der Waals surface area contributed by atoms with Crippen LogP contribution in [0.15, 0.2) is 67.3 Å². The molecule has 4 aromatic rings. The summed E-state index contributed by atoms with van der Waals surface area (Å²) < 4.78 is 0. The number of H-pyrrole nitrogens is 2. The van der Waals surface area contributed by atoms with Crippen LogP contribution in [-0.4, -0.2) is 241 Å². The number of aliphatic hydroxyl groups excluding tert-OH is 1. The molecule has 1 unspecified atom stereocenters. The van der Waals surface area contributed by atoms with E-state index < -0.39 is 234 Å². The highest BCUT2D eigenvalue weighted by Crippen LogP contribution is 2.34. The van der Waals surface area contributed by atoms with Gasteiger partial charge in [0.25, 0.3) is 0 Å². The average molecular weight is 1620 g/mol. The second-order valence-corrected chi connectivity index (χ2v) is 30.3. The second kappa shape index (κ2) is 43.9. The molecule has 6 rings (SSSR count). The van der Waals surface area contributed by atoms with Crippen LogP contribution in [0.25, 0.3) is 10.9 Å². The van der Waals surface area contributed by atoms with Gasteiger partial charge in [-0.2, -0.15) is 0 Å². The quantitative estimate of drug-likeness (QED) is 0.0130. The predicted molar refractivity (Wildman–Crippen MR) is 412 cm³/mol. The molecule has 2 aliphatic heterocycles. The van der Waals surface area contributed by atoms with Crippen LogP contribution in [-0.2, 0) is 89.6 Å². The molecule has 2 aromatic carbocycles. The lowest BCUT2D eigenvalue weighted by Gasteiger charge is -2.30. The van der Waals surface area contributed by atoms with Crippen molar-refractivity contribution in [2.75, 3.05) is 36.5 Å². The smallest absolute Gasteiger partial charge is 0.328 e. The molecule has 0 spiro atoms. The number of hydrogen-bond acceptors (Lipinski definition) is 22. The topological polar surface area (TPSA) is 635 Å². The van der Waals surface area contributed by atoms with Gasteiger partial charge in [0.1, 0.15) is 66.5 Å². The number of carbonyl (C=O) groups is 16. The molecular formula is C71H101N21O19S2. The van der Waals surface area contributed by atoms with Crippen molar-refractivity contribution in [3.05, 3.63) is 84.1 Å². The van der Waals surface area contributed by atoms with E-state index in [2.05, 4.69) is 94.7 Å². The zero-order chi connectivity index (χ0) is 83.3. The zero-order valence-corrected chi connectivity index (χ0v) is 64.9. The van der Waals surface area contributed by atoms with E-state index in [4.69, 9.17) is 16.9 Å². The van der Waals surface area contributed by atoms with E-state index in [-0.39, 0.29) is 50.9 Å². The zero-order valence-electron chi connectivity index (χ0n) is 63.3. The number of fused-ring (bicyclic) bond motifs is 2. The third-order valence-corrected chi connectivity index (χ3v) is 20.9. The number of hydrogen-bond donors (Lipinski definition) is 23. The van der Waals surface area contributed by atoms with Gasteiger partial charge >= 0.3 is 11.9 Å². The van der Waals surface area contributed by atoms with Crippen molar-refractivity contribution in [2.24, 2.45) is 23.3 Å². The molecule has 1 saturated heterocycles. The number of aliphatic carboxylic acids is 2. The first-order chi connectivity index (χ1) is 53.5. The predicted octanol–water partition coefficient (Wildman–Crippen LogP) is -4.18. The van der Waals surface area contributed by atoms with E-state index in [9.17, 15) is 77.6 Å². The van der Waals surface area contributed by atoms with E-state index in [0.717, 1.165) is 28.5 Å². The third kappa shape index (κ3) is 28.3. The van der Waals surface area contributed by atoms with Gasteiger partial charge < -0.3 is 117 Å². The van der Waals surface area contributed by atoms with Crippen LogP contribution in [0.2, 0.25) is 0 Å². The van der Waals surface area contributed by atoms with Crippen molar-refractivity contribution in [1.82, 2.24) is 89.4 Å². The van der Waals surface area contributed by atoms with Crippen LogP contribution in [0, 0.1) is 17.2 Å². The number of aromatic amines is 2. The maximum absolute atomic E-state index is 15.1. The summed E-state index contributed by atoms with van der Waals surface area (Å²) >= 11 is 0. The number of rotatable bonds is 25. The summed E-state index contributed by atoms with van der Waals surface area (Å²) in [7, 11) is 1.60. The summed E-state index contributed by atoms with van der Waals surface area (Å²) in [6.07, 6.45) is -0.741. The molecule has 0 aliphatic carbocycles. The number of guanidine groups is 1. The van der Waals surface area contributed by atoms with Crippen LogP contribution in [0.4, 0.5) is 5.69 Å². The number of primary amides is 1. The number of aliphatic hydroxyl groups is 1. The maximum Gasteiger partial charge on any atom is 0.328 e. The molecule has 42 heteroatoms. The van der Waals surface area contributed by atoms with Crippen molar-refractivity contribution in [2.45, 2.75) is 191 Å². The highest BCUT2D eigenvalue weighted by molar-refractivity contribution is 8.76. The number of benzene rings is 2. The number of para-hydroxylation sites is 2. The Morgan fingerprint density at radius 3 is 1.92 bits per heavy atom. The summed E-state index contributed by atoms with van der Waals surface area (Å²) in [5.41, 5.74) is 13.7. The molecule has 2 aliphatic rings. The van der Waals surface area contributed by atoms with E-state index in [1.807, 2.05) is 0 Å². The highest BCUT2D eigenvalue weighted by Gasteiger charge is 2.40. The molecule has 40 nitrogen and oxygen atoms in total. The number of anilines is 1. The van der Waals surface area contributed by atoms with E-state index in [1.165, 1.54) is 46.4 Å². The molecule has 0 saturated carbocycles. The number of amides is 14. The molecule has 4 heterocycles. The summed E-state index contributed by atoms with van der Waals surface area (Å²) in [4.78, 5) is 235. The Balaban J connectivity index is 1.47. The number of nitrogens with two attached hydrogens (primary N) is 2. The number of imidazole rings is 1. The van der Waals surface area contributed by atoms with Crippen molar-refractivity contribution in [3.63, 3.8) is 0 Å². The minimum atomic E-state index is -2.06. The first kappa shape index (κ1) is 90.3. The standard InChI is InChI=1S/C71H101N21O19S2/c1-8-34(4)57(82-37(7)94)69(109)90-52-31-113-112-30-51(67(107)92-58(36(6)93)70(110)111)89-61(101)45(18-13-21-76-71(73)74)83-64(104)49(24-40-28-75-32-80-40)85-59(99)35(5)81-54(96)29-79-60(100)47(22-38-26-77-43-16-11-9-14-41(38)43)86-65(105)50(25-55(97)98)87-62(102)46(19-20-53(72)95)84-63(103)48(88-68(108)56(33(2)3)91-66(52)106)23-39-27-78-44-17-12-10-15-42(39)44/h9-12,14-17,26,28,32-36,39,45-52,56-58,77-78,93H,8,13,18-25,27,29-31H2,1-7H3,(H2,72,95)(H,75,80)(H,79,100)(H,81,96)(H,82,94)(H,83,104)(H,84,103)(H,85,99)(H,86,105)(H,87,102)(H,88,108)(H,89,101)(H,90,109)(H,91,106)(H,92,107)(H,97,98)(H,110,111)(H4,73,74,76)/t34-,35-,36+,39?,45-,46-,47-,48-,49-,50-,51-,52-,56-,57-,58-/m0/s1. The Kier molecular flexibility index (Phi) is 35.1. The van der Waals surface area contributed by atoms with E-state index in [0.29, 0.717) is 34.1 Å². The molecule has 14 amide bonds. The summed E-state index contributed by atoms with van der Waals surface area (Å²) in [5, 5.41) is 77.4. The second-order valence-electron chi connectivity index (χ2n) is 27.7. The van der Waals surface area contributed by atoms with Gasteiger partial charge in [0.15, 0.2) is 12.0 Å². The summed E-state index contributed by atoms with van der Waals surface area (Å²) in [5.74, 6) is -21.1. The van der Waals surface area contributed by atoms with Crippen LogP contribution in [0.1, 0.15) is 116 Å². The van der Waals surface area contributed by atoms with Gasteiger partial charge in [-0.25, -0.2) is 9.78 Å². The number of carbonyl (C=O) groups excluding carboxylic acids is 14. The van der Waals surface area contributed by atoms with Gasteiger partial charge in [0.2, 0.25) is 82.7 Å². The minimum absolute atomic E-state index is 0.0182. The molecule has 0 bridgehead atoms. The Hall–Kier alpha value is -11.6. The number of nitrogens with one attached hydrogen (secondary N) is 18. The van der Waals surface area contributed by atoms with Gasteiger partial charge in [0.05, 0.1) is 31.1 Å². The van der Waals surface area contributed by atoms with Gasteiger partial charge in [-0.05, 0) is 74.6 Å². The van der Waals surface area contributed by atoms with E-state index in [1.54, 1.807) is 62.4 Å². The Morgan fingerprint density at radius 2 is 1.27 bits per heavy atom. The van der Waals surface area contributed by atoms with Crippen LogP contribution in [0.5, 0.6) is 0 Å². The fraction of sp³-hybridized carbons (Fsp3) is 0.521. The van der Waals surface area contributed by atoms with Crippen molar-refractivity contribution in [3.8, 4) is 0 Å². The molecule has 2 aromatic heterocycles. The van der Waals surface area contributed by atoms with Gasteiger partial charge in [-0.15, -0.1) is 0 Å². The largest absolute Gasteiger partial charge is 0.481 e. The first-order valence-electron chi connectivity index (χ1n) is 36.5. The summed E-state index contributed by atoms with van der Waals surface area (Å²) in [6, 6.07) is -6.31. The van der Waals surface area contributed by atoms with Crippen LogP contribution in [0.3, 0.4) is 0 Å². The molecule has 0 radical (unpaired) electrons. The normalized spacial score (nSPS) is 23.7. The fourth-order valence-electron chi connectivity index (χ4n) is 12.2. The molecule has 1 fully saturated rings. The maximum atomic E-state index is 15.1. The van der Waals surface area contributed by atoms with Crippen molar-refractivity contribution >= 4 is 139 Å². The third-order valence-electron chi connectivity index (χ3n) is 18.5. The molecule has 616 valence electrons. The molecule has 15 atom stereocenters. The van der Waals surface area contributed by atoms with Crippen molar-refractivity contribution in [1.29, 1.82) is 5.41 Å². The van der Waals surface area contributed by atoms with Crippen LogP contribution < -0.4 is 91.2 Å². The monoisotopic (exact) mass is 1620 g/mol. The van der Waals surface area contributed by atoms with E-state index >= 15 is 14.4 Å². The van der Waals surface area contributed by atoms with Crippen molar-refractivity contribution < 1.29 is 92.0 Å². The fourth-order valence-corrected chi connectivity index (χ4v) is 14.5. The molecule has 25 N–H and O–H groups in total. The minimum Gasteiger partial charge on any atom is -0.481 e. The van der Waals surface area contributed by atoms with Gasteiger partial charge in [-0.3, -0.25) is 77.3 Å². The Labute approximate surface area is 657 Å². The lowest BCUT2D eigenvalue weighted by atomic mass is 9.92. The number of carboxylic acids is 2. The SMILES string of the molecule is CC[C@H](C)[C@H](NC(C)=O)C(=O)N[C@H]1CSSC[C@@H](C(=O)N[C@H](C(=O)O)[C@@H](C)O)NC(=O)[C@H](CCCNC(=N)N)NC(=O)[C@H](Cc2c[nH]cn2)NC(=O)[C@H](C)NC(=O)CNC(=O)[C@H](Cc2c[nH]c3ccccc23)NC(=O)[C@H](CC(=O)O)NC(=O)[C@H](CCC(N)=O)NC(=O)[C@H](CC2CNc3ccccc32)NC(=O)[C@H](C(C)C)NC1=O. The molecular weight excluding hydrogens is 1520 g/mol. The number of aromatic nitrogens is 3. The Morgan fingerprint density at radius 1 is 0.664 bits per heavy atom. The average Bonchev–Trinajstić information content (AvgIpc) is 1.73. The highest BCUT2D eigenvalue weighted by atomic mass is 33.1. The van der Waals surface area contributed by atoms with Crippen LogP contribution >= 0.6 is 21.6 Å². The lowest BCUT2D eigenvalue weighted by Crippen LogP contribution is -2.61. The first-order valence-corrected chi connectivity index (χ1v) is 39.0. The molecule has 113 heavy (non-hydrogen) atoms. The lowest BCUT2D eigenvalue weighted by molar-refractivity contribution is -0.145. The summed E-state index contributed by atoms with van der Waals surface area (Å²) in [6.45, 7) is 9.21. The number of nitrogens with zero attached hydrogens (tertiary/aromatic N) is 1. The Bertz CT molecular complexity index is 4090. The van der Waals surface area contributed by atoms with Gasteiger partial charge in [0, 0.05) is 85.7 Å². The number of carboxylic acid groups (broad SMARTS) is 2. The van der Waals surface area contributed by atoms with Gasteiger partial charge in [-0.1, -0.05) is 92.1 Å².